The average molecular weight is 462 g/mol. The maximum atomic E-state index is 12.8. The molecule has 1 aromatic rings. The number of esters is 2. The maximum absolute atomic E-state index is 12.8. The van der Waals surface area contributed by atoms with Crippen LogP contribution in [0.2, 0.25) is 0 Å². The van der Waals surface area contributed by atoms with Crippen LogP contribution in [0.3, 0.4) is 0 Å². The van der Waals surface area contributed by atoms with Crippen LogP contribution in [-0.2, 0) is 35.1 Å². The standard InChI is InChI=1S/C24H31NO6S/c1-23(2,3)22(29)31-14-30-21(28)18-24(4,5)32-20-17(19(27)25(18)20)13-16(26)12-11-15-9-7-6-8-10-15/h6-10,17-18,20H,11-14H2,1-5H3/t17-,18+,20-/m1/s1. The lowest BCUT2D eigenvalue weighted by Crippen LogP contribution is -2.63. The van der Waals surface area contributed by atoms with Gasteiger partial charge in [0.05, 0.1) is 16.7 Å². The Hall–Kier alpha value is -2.35. The fourth-order valence-electron chi connectivity index (χ4n) is 3.97. The number of carbonyl (C=O) groups excluding carboxylic acids is 4. The molecular formula is C24H31NO6S. The number of rotatable bonds is 8. The van der Waals surface area contributed by atoms with Gasteiger partial charge in [-0.3, -0.25) is 14.4 Å². The first-order valence-electron chi connectivity index (χ1n) is 10.8. The fourth-order valence-corrected chi connectivity index (χ4v) is 5.65. The zero-order valence-corrected chi connectivity index (χ0v) is 20.1. The third-order valence-electron chi connectivity index (χ3n) is 5.76. The van der Waals surface area contributed by atoms with Crippen molar-refractivity contribution in [3.05, 3.63) is 35.9 Å². The number of carbonyl (C=O) groups is 4. The Bertz CT molecular complexity index is 892. The molecule has 0 spiro atoms. The topological polar surface area (TPSA) is 90.0 Å². The van der Waals surface area contributed by atoms with Gasteiger partial charge in [-0.2, -0.15) is 0 Å². The number of hydrogen-bond donors (Lipinski definition) is 0. The molecule has 1 amide bonds. The number of ether oxygens (including phenoxy) is 2. The van der Waals surface area contributed by atoms with E-state index >= 15 is 0 Å². The lowest BCUT2D eigenvalue weighted by atomic mass is 9.87. The van der Waals surface area contributed by atoms with Gasteiger partial charge in [0.25, 0.3) is 0 Å². The summed E-state index contributed by atoms with van der Waals surface area (Å²) >= 11 is 1.51. The average Bonchev–Trinajstić information content (AvgIpc) is 2.98. The number of amides is 1. The van der Waals surface area contributed by atoms with Gasteiger partial charge >= 0.3 is 11.9 Å². The van der Waals surface area contributed by atoms with Crippen molar-refractivity contribution in [2.24, 2.45) is 11.3 Å². The van der Waals surface area contributed by atoms with E-state index < -0.39 is 40.9 Å². The molecule has 2 aliphatic heterocycles. The van der Waals surface area contributed by atoms with E-state index in [4.69, 9.17) is 9.47 Å². The predicted molar refractivity (Wildman–Crippen MR) is 120 cm³/mol. The van der Waals surface area contributed by atoms with Crippen molar-refractivity contribution >= 4 is 35.4 Å². The molecule has 2 saturated heterocycles. The third-order valence-corrected chi connectivity index (χ3v) is 7.39. The molecule has 3 rings (SSSR count). The quantitative estimate of drug-likeness (QED) is 0.333. The lowest BCUT2D eigenvalue weighted by Gasteiger charge is -2.43. The monoisotopic (exact) mass is 461 g/mol. The van der Waals surface area contributed by atoms with Crippen LogP contribution in [0.5, 0.6) is 0 Å². The second-order valence-corrected chi connectivity index (χ2v) is 11.6. The van der Waals surface area contributed by atoms with Crippen molar-refractivity contribution in [3.8, 4) is 0 Å². The fraction of sp³-hybridized carbons (Fsp3) is 0.583. The summed E-state index contributed by atoms with van der Waals surface area (Å²) < 4.78 is 9.61. The zero-order valence-electron chi connectivity index (χ0n) is 19.3. The number of benzene rings is 1. The summed E-state index contributed by atoms with van der Waals surface area (Å²) in [6.07, 6.45) is 1.22. The van der Waals surface area contributed by atoms with Crippen LogP contribution < -0.4 is 0 Å². The Labute approximate surface area is 193 Å². The number of thioether (sulfide) groups is 1. The normalized spacial score (nSPS) is 23.8. The van der Waals surface area contributed by atoms with Crippen LogP contribution in [0, 0.1) is 11.3 Å². The third kappa shape index (κ3) is 5.17. The molecule has 3 atom stereocenters. The molecule has 32 heavy (non-hydrogen) atoms. The first kappa shape index (κ1) is 24.3. The minimum atomic E-state index is -0.783. The summed E-state index contributed by atoms with van der Waals surface area (Å²) in [7, 11) is 0. The molecule has 2 heterocycles. The Morgan fingerprint density at radius 1 is 1.09 bits per heavy atom. The van der Waals surface area contributed by atoms with Crippen LogP contribution in [0.1, 0.15) is 53.0 Å². The first-order chi connectivity index (χ1) is 14.9. The predicted octanol–water partition coefficient (Wildman–Crippen LogP) is 3.35. The van der Waals surface area contributed by atoms with Crippen molar-refractivity contribution in [1.29, 1.82) is 0 Å². The van der Waals surface area contributed by atoms with Crippen LogP contribution in [-0.4, -0.2) is 51.5 Å². The molecule has 0 bridgehead atoms. The van der Waals surface area contributed by atoms with E-state index in [0.29, 0.717) is 12.8 Å². The van der Waals surface area contributed by atoms with Crippen molar-refractivity contribution in [1.82, 2.24) is 4.90 Å². The molecule has 1 aromatic carbocycles. The Balaban J connectivity index is 1.54. The van der Waals surface area contributed by atoms with Crippen LogP contribution >= 0.6 is 11.8 Å². The van der Waals surface area contributed by atoms with E-state index in [1.54, 1.807) is 20.8 Å². The molecule has 0 saturated carbocycles. The van der Waals surface area contributed by atoms with Gasteiger partial charge in [-0.05, 0) is 46.6 Å². The summed E-state index contributed by atoms with van der Waals surface area (Å²) in [4.78, 5) is 51.4. The van der Waals surface area contributed by atoms with Gasteiger partial charge in [0.1, 0.15) is 11.8 Å². The number of β-lactam (4-membered cyclic amide) rings is 1. The van der Waals surface area contributed by atoms with E-state index in [9.17, 15) is 19.2 Å². The summed E-state index contributed by atoms with van der Waals surface area (Å²) in [5.41, 5.74) is 0.391. The van der Waals surface area contributed by atoms with Crippen molar-refractivity contribution in [2.45, 2.75) is 70.0 Å². The van der Waals surface area contributed by atoms with E-state index in [0.717, 1.165) is 5.56 Å². The number of nitrogens with zero attached hydrogens (tertiary/aromatic N) is 1. The molecule has 2 fully saturated rings. The molecule has 2 aliphatic rings. The Morgan fingerprint density at radius 2 is 1.75 bits per heavy atom. The molecule has 0 aliphatic carbocycles. The molecule has 0 N–H and O–H groups in total. The number of aryl methyl sites for hydroxylation is 1. The second kappa shape index (κ2) is 9.25. The number of Topliss-reactive ketones (excluding diaryl/α,β-unsaturated/α-hetero) is 1. The van der Waals surface area contributed by atoms with E-state index in [-0.39, 0.29) is 23.5 Å². The van der Waals surface area contributed by atoms with Gasteiger partial charge in [0.15, 0.2) is 0 Å². The van der Waals surface area contributed by atoms with Crippen LogP contribution in [0.4, 0.5) is 0 Å². The minimum Gasteiger partial charge on any atom is -0.427 e. The lowest BCUT2D eigenvalue weighted by molar-refractivity contribution is -0.181. The zero-order chi connectivity index (χ0) is 23.7. The first-order valence-corrected chi connectivity index (χ1v) is 11.7. The summed E-state index contributed by atoms with van der Waals surface area (Å²) in [6.45, 7) is 8.39. The highest BCUT2D eigenvalue weighted by Gasteiger charge is 2.64. The highest BCUT2D eigenvalue weighted by molar-refractivity contribution is 8.01. The maximum Gasteiger partial charge on any atom is 0.333 e. The smallest absolute Gasteiger partial charge is 0.333 e. The van der Waals surface area contributed by atoms with Crippen molar-refractivity contribution < 1.29 is 28.7 Å². The van der Waals surface area contributed by atoms with Gasteiger partial charge in [-0.15, -0.1) is 11.8 Å². The molecule has 0 aromatic heterocycles. The summed E-state index contributed by atoms with van der Waals surface area (Å²) in [5, 5.41) is -0.229. The largest absolute Gasteiger partial charge is 0.427 e. The Kier molecular flexibility index (Phi) is 7.03. The molecule has 0 radical (unpaired) electrons. The summed E-state index contributed by atoms with van der Waals surface area (Å²) in [5.74, 6) is -1.65. The van der Waals surface area contributed by atoms with E-state index in [1.807, 2.05) is 44.2 Å². The number of hydrogen-bond acceptors (Lipinski definition) is 7. The molecule has 7 nitrogen and oxygen atoms in total. The highest BCUT2D eigenvalue weighted by Crippen LogP contribution is 2.54. The SMILES string of the molecule is CC(C)(C)C(=O)OCOC(=O)[C@@H]1N2C(=O)[C@@H](CC(=O)CCc3ccccc3)[C@H]2SC1(C)C. The summed E-state index contributed by atoms with van der Waals surface area (Å²) in [6, 6.07) is 8.99. The van der Waals surface area contributed by atoms with Gasteiger partial charge in [-0.25, -0.2) is 4.79 Å². The molecule has 174 valence electrons. The van der Waals surface area contributed by atoms with Gasteiger partial charge in [0, 0.05) is 17.6 Å². The number of ketones is 1. The van der Waals surface area contributed by atoms with Crippen LogP contribution in [0.15, 0.2) is 30.3 Å². The van der Waals surface area contributed by atoms with E-state index in [1.165, 1.54) is 16.7 Å². The minimum absolute atomic E-state index is 0.0466. The van der Waals surface area contributed by atoms with E-state index in [2.05, 4.69) is 0 Å². The Morgan fingerprint density at radius 3 is 2.38 bits per heavy atom. The highest BCUT2D eigenvalue weighted by atomic mass is 32.2. The molecule has 0 unspecified atom stereocenters. The van der Waals surface area contributed by atoms with Gasteiger partial charge in [0.2, 0.25) is 12.7 Å². The molecular weight excluding hydrogens is 430 g/mol. The molecule has 8 heteroatoms. The second-order valence-electron chi connectivity index (χ2n) is 9.86. The van der Waals surface area contributed by atoms with Gasteiger partial charge < -0.3 is 14.4 Å². The van der Waals surface area contributed by atoms with Crippen LogP contribution in [0.25, 0.3) is 0 Å². The van der Waals surface area contributed by atoms with Crippen molar-refractivity contribution in [3.63, 3.8) is 0 Å². The van der Waals surface area contributed by atoms with Gasteiger partial charge in [-0.1, -0.05) is 30.3 Å². The van der Waals surface area contributed by atoms with Crippen molar-refractivity contribution in [2.75, 3.05) is 6.79 Å². The number of fused-ring (bicyclic) bond motifs is 1.